The molecule has 0 saturated carbocycles. The first-order valence-corrected chi connectivity index (χ1v) is 8.80. The van der Waals surface area contributed by atoms with Gasteiger partial charge in [0, 0.05) is 24.2 Å². The van der Waals surface area contributed by atoms with Gasteiger partial charge in [-0.05, 0) is 32.4 Å². The Morgan fingerprint density at radius 1 is 1.07 bits per heavy atom. The molecule has 1 unspecified atom stereocenters. The molecule has 0 aliphatic rings. The number of rotatable bonds is 8. The molecule has 0 spiro atoms. The molecule has 0 bridgehead atoms. The molecule has 5 nitrogen and oxygen atoms in total. The molecular weight excluding hydrogens is 364 g/mol. The number of para-hydroxylation sites is 1. The van der Waals surface area contributed by atoms with Crippen molar-refractivity contribution >= 4 is 18.3 Å². The molecule has 2 aromatic carbocycles. The Morgan fingerprint density at radius 3 is 2.37 bits per heavy atom. The molecule has 0 aliphatic carbocycles. The number of nitrogens with one attached hydrogen (secondary N) is 2. The van der Waals surface area contributed by atoms with Gasteiger partial charge in [-0.2, -0.15) is 0 Å². The maximum atomic E-state index is 11.9. The average Bonchev–Trinajstić information content (AvgIpc) is 2.60. The van der Waals surface area contributed by atoms with E-state index in [0.29, 0.717) is 18.8 Å². The van der Waals surface area contributed by atoms with Gasteiger partial charge in [-0.25, -0.2) is 0 Å². The van der Waals surface area contributed by atoms with Gasteiger partial charge in [-0.15, -0.1) is 12.4 Å². The minimum Gasteiger partial charge on any atom is -0.483 e. The molecule has 27 heavy (non-hydrogen) atoms. The lowest BCUT2D eigenvalue weighted by Crippen LogP contribution is -2.43. The third-order valence-electron chi connectivity index (χ3n) is 3.68. The van der Waals surface area contributed by atoms with Crippen LogP contribution in [0.5, 0.6) is 5.75 Å². The molecule has 0 fully saturated rings. The number of aliphatic hydroxyl groups is 1. The van der Waals surface area contributed by atoms with Crippen molar-refractivity contribution in [3.8, 4) is 5.75 Å². The maximum Gasteiger partial charge on any atom is 0.258 e. The van der Waals surface area contributed by atoms with Crippen molar-refractivity contribution in [3.63, 3.8) is 0 Å². The molecule has 1 atom stereocenters. The number of hydrogen-bond acceptors (Lipinski definition) is 4. The van der Waals surface area contributed by atoms with Crippen molar-refractivity contribution in [1.29, 1.82) is 0 Å². The van der Waals surface area contributed by atoms with E-state index in [2.05, 4.69) is 10.6 Å². The maximum absolute atomic E-state index is 11.9. The Balaban J connectivity index is 0.00000364. The van der Waals surface area contributed by atoms with Crippen molar-refractivity contribution in [2.75, 3.05) is 13.2 Å². The SMILES string of the molecule is CC(C)(C)NC(=O)COc1ccccc1CNCC(O)c1ccccc1.Cl. The molecule has 2 aromatic rings. The van der Waals surface area contributed by atoms with Crippen molar-refractivity contribution in [1.82, 2.24) is 10.6 Å². The molecule has 0 saturated heterocycles. The fraction of sp³-hybridized carbons (Fsp3) is 0.381. The second-order valence-electron chi connectivity index (χ2n) is 7.25. The molecule has 0 aliphatic heterocycles. The van der Waals surface area contributed by atoms with E-state index in [4.69, 9.17) is 4.74 Å². The van der Waals surface area contributed by atoms with Crippen molar-refractivity contribution in [3.05, 3.63) is 65.7 Å². The molecule has 0 aromatic heterocycles. The fourth-order valence-corrected chi connectivity index (χ4v) is 2.52. The van der Waals surface area contributed by atoms with E-state index in [0.717, 1.165) is 11.1 Å². The molecule has 148 valence electrons. The Bertz CT molecular complexity index is 702. The number of carbonyl (C=O) groups is 1. The van der Waals surface area contributed by atoms with Gasteiger partial charge in [0.1, 0.15) is 5.75 Å². The summed E-state index contributed by atoms with van der Waals surface area (Å²) >= 11 is 0. The smallest absolute Gasteiger partial charge is 0.258 e. The molecule has 0 radical (unpaired) electrons. The van der Waals surface area contributed by atoms with Crippen molar-refractivity contribution in [2.45, 2.75) is 39.0 Å². The number of halogens is 1. The number of ether oxygens (including phenoxy) is 1. The quantitative estimate of drug-likeness (QED) is 0.645. The van der Waals surface area contributed by atoms with Crippen LogP contribution in [0.2, 0.25) is 0 Å². The summed E-state index contributed by atoms with van der Waals surface area (Å²) in [6.07, 6.45) is -0.568. The monoisotopic (exact) mass is 392 g/mol. The largest absolute Gasteiger partial charge is 0.483 e. The van der Waals surface area contributed by atoms with E-state index < -0.39 is 6.10 Å². The van der Waals surface area contributed by atoms with E-state index >= 15 is 0 Å². The second-order valence-corrected chi connectivity index (χ2v) is 7.25. The summed E-state index contributed by atoms with van der Waals surface area (Å²) in [4.78, 5) is 11.9. The summed E-state index contributed by atoms with van der Waals surface area (Å²) in [5.74, 6) is 0.512. The van der Waals surface area contributed by atoms with E-state index in [9.17, 15) is 9.90 Å². The summed E-state index contributed by atoms with van der Waals surface area (Å²) in [6.45, 7) is 6.74. The lowest BCUT2D eigenvalue weighted by Gasteiger charge is -2.21. The van der Waals surface area contributed by atoms with E-state index in [1.54, 1.807) is 0 Å². The van der Waals surface area contributed by atoms with Crippen LogP contribution >= 0.6 is 12.4 Å². The van der Waals surface area contributed by atoms with Gasteiger partial charge < -0.3 is 20.5 Å². The number of benzene rings is 2. The third kappa shape index (κ3) is 8.43. The Hall–Kier alpha value is -2.08. The van der Waals surface area contributed by atoms with E-state index in [1.165, 1.54) is 0 Å². The van der Waals surface area contributed by atoms with Crippen molar-refractivity contribution in [2.24, 2.45) is 0 Å². The van der Waals surface area contributed by atoms with Crippen molar-refractivity contribution < 1.29 is 14.6 Å². The molecular formula is C21H29ClN2O3. The predicted octanol–water partition coefficient (Wildman–Crippen LogP) is 3.23. The van der Waals surface area contributed by atoms with Crippen LogP contribution in [0.4, 0.5) is 0 Å². The molecule has 6 heteroatoms. The zero-order valence-electron chi connectivity index (χ0n) is 16.1. The Kier molecular flexibility index (Phi) is 9.29. The van der Waals surface area contributed by atoms with Gasteiger partial charge in [-0.1, -0.05) is 48.5 Å². The number of hydrogen-bond donors (Lipinski definition) is 3. The zero-order chi connectivity index (χ0) is 19.0. The lowest BCUT2D eigenvalue weighted by atomic mass is 10.1. The van der Waals surface area contributed by atoms with Gasteiger partial charge in [0.2, 0.25) is 0 Å². The van der Waals surface area contributed by atoms with Crippen LogP contribution < -0.4 is 15.4 Å². The van der Waals surface area contributed by atoms with Gasteiger partial charge in [0.05, 0.1) is 6.10 Å². The highest BCUT2D eigenvalue weighted by molar-refractivity contribution is 5.85. The van der Waals surface area contributed by atoms with Crippen LogP contribution in [0.1, 0.15) is 38.0 Å². The molecule has 3 N–H and O–H groups in total. The van der Waals surface area contributed by atoms with E-state index in [-0.39, 0.29) is 30.5 Å². The highest BCUT2D eigenvalue weighted by Crippen LogP contribution is 2.18. The zero-order valence-corrected chi connectivity index (χ0v) is 16.9. The topological polar surface area (TPSA) is 70.6 Å². The van der Waals surface area contributed by atoms with Crippen LogP contribution in [0, 0.1) is 0 Å². The highest BCUT2D eigenvalue weighted by atomic mass is 35.5. The Morgan fingerprint density at radius 2 is 1.70 bits per heavy atom. The molecule has 2 rings (SSSR count). The van der Waals surface area contributed by atoms with E-state index in [1.807, 2.05) is 75.4 Å². The van der Waals surface area contributed by atoms with Gasteiger partial charge in [0.25, 0.3) is 5.91 Å². The first-order chi connectivity index (χ1) is 12.3. The summed E-state index contributed by atoms with van der Waals surface area (Å²) in [7, 11) is 0. The predicted molar refractivity (Wildman–Crippen MR) is 110 cm³/mol. The number of amides is 1. The summed E-state index contributed by atoms with van der Waals surface area (Å²) in [5, 5.41) is 16.3. The number of carbonyl (C=O) groups excluding carboxylic acids is 1. The van der Waals surface area contributed by atoms with Gasteiger partial charge >= 0.3 is 0 Å². The first-order valence-electron chi connectivity index (χ1n) is 8.80. The standard InChI is InChI=1S/C21H28N2O3.ClH/c1-21(2,3)23-20(25)15-26-19-12-8-7-11-17(19)13-22-14-18(24)16-9-5-4-6-10-16;/h4-12,18,22,24H,13-15H2,1-3H3,(H,23,25);1H. The summed E-state index contributed by atoms with van der Waals surface area (Å²) in [6, 6.07) is 17.1. The normalized spacial score (nSPS) is 12.0. The summed E-state index contributed by atoms with van der Waals surface area (Å²) in [5.41, 5.74) is 1.54. The highest BCUT2D eigenvalue weighted by Gasteiger charge is 2.14. The van der Waals surface area contributed by atoms with Gasteiger partial charge in [0.15, 0.2) is 6.61 Å². The molecule has 1 amide bonds. The van der Waals surface area contributed by atoms with Crippen LogP contribution in [0.15, 0.2) is 54.6 Å². The Labute approximate surface area is 167 Å². The first kappa shape index (κ1) is 23.0. The van der Waals surface area contributed by atoms with Crippen LogP contribution in [0.3, 0.4) is 0 Å². The summed E-state index contributed by atoms with van der Waals surface area (Å²) < 4.78 is 5.67. The lowest BCUT2D eigenvalue weighted by molar-refractivity contribution is -0.124. The fourth-order valence-electron chi connectivity index (χ4n) is 2.52. The van der Waals surface area contributed by atoms with Crippen LogP contribution in [0.25, 0.3) is 0 Å². The average molecular weight is 393 g/mol. The van der Waals surface area contributed by atoms with Crippen LogP contribution in [-0.2, 0) is 11.3 Å². The van der Waals surface area contributed by atoms with Crippen LogP contribution in [-0.4, -0.2) is 29.7 Å². The minimum atomic E-state index is -0.568. The molecule has 0 heterocycles. The number of aliphatic hydroxyl groups excluding tert-OH is 1. The van der Waals surface area contributed by atoms with Gasteiger partial charge in [-0.3, -0.25) is 4.79 Å². The minimum absolute atomic E-state index is 0. The third-order valence-corrected chi connectivity index (χ3v) is 3.68. The second kappa shape index (κ2) is 10.9.